The van der Waals surface area contributed by atoms with Crippen molar-refractivity contribution in [2.24, 2.45) is 5.73 Å². The predicted molar refractivity (Wildman–Crippen MR) is 63.9 cm³/mol. The zero-order chi connectivity index (χ0) is 12.3. The zero-order valence-corrected chi connectivity index (χ0v) is 10.1. The van der Waals surface area contributed by atoms with Gasteiger partial charge in [0.05, 0.1) is 11.3 Å². The second kappa shape index (κ2) is 4.91. The second-order valence-electron chi connectivity index (χ2n) is 2.86. The van der Waals surface area contributed by atoms with Gasteiger partial charge in [-0.3, -0.25) is 9.59 Å². The SMILES string of the molecule is NC(=O)c1ccccc1NC(=O)C(Cl)(Cl)Cl. The number of hydrogen-bond donors (Lipinski definition) is 2. The molecule has 0 unspecified atom stereocenters. The Morgan fingerprint density at radius 1 is 1.19 bits per heavy atom. The normalized spacial score (nSPS) is 10.9. The Balaban J connectivity index is 2.98. The van der Waals surface area contributed by atoms with Crippen LogP contribution in [0.1, 0.15) is 10.4 Å². The first-order valence-electron chi connectivity index (χ1n) is 4.09. The molecule has 0 atom stereocenters. The van der Waals surface area contributed by atoms with Crippen molar-refractivity contribution >= 4 is 52.3 Å². The molecule has 0 aliphatic heterocycles. The minimum absolute atomic E-state index is 0.144. The highest BCUT2D eigenvalue weighted by molar-refractivity contribution is 6.76. The van der Waals surface area contributed by atoms with E-state index in [1.54, 1.807) is 12.1 Å². The van der Waals surface area contributed by atoms with E-state index in [4.69, 9.17) is 40.5 Å². The number of rotatable bonds is 2. The molecule has 0 aliphatic rings. The second-order valence-corrected chi connectivity index (χ2v) is 5.14. The lowest BCUT2D eigenvalue weighted by atomic mass is 10.1. The maximum atomic E-state index is 11.3. The number of amides is 2. The quantitative estimate of drug-likeness (QED) is 0.815. The Morgan fingerprint density at radius 3 is 2.25 bits per heavy atom. The predicted octanol–water partition coefficient (Wildman–Crippen LogP) is 2.09. The van der Waals surface area contributed by atoms with E-state index in [-0.39, 0.29) is 11.3 Å². The summed E-state index contributed by atoms with van der Waals surface area (Å²) in [7, 11) is 0. The number of alkyl halides is 3. The third-order valence-corrected chi connectivity index (χ3v) is 2.21. The van der Waals surface area contributed by atoms with Crippen molar-refractivity contribution < 1.29 is 9.59 Å². The Bertz CT molecular complexity index is 429. The van der Waals surface area contributed by atoms with E-state index in [9.17, 15) is 9.59 Å². The molecule has 0 saturated carbocycles. The monoisotopic (exact) mass is 280 g/mol. The van der Waals surface area contributed by atoms with Crippen LogP contribution >= 0.6 is 34.8 Å². The maximum absolute atomic E-state index is 11.3. The standard InChI is InChI=1S/C9H7Cl3N2O2/c10-9(11,12)8(16)14-6-4-2-1-3-5(6)7(13)15/h1-4H,(H2,13,15)(H,14,16). The van der Waals surface area contributed by atoms with Gasteiger partial charge in [-0.15, -0.1) is 0 Å². The van der Waals surface area contributed by atoms with Crippen LogP contribution in [0.4, 0.5) is 5.69 Å². The van der Waals surface area contributed by atoms with Gasteiger partial charge in [0.25, 0.3) is 15.6 Å². The number of hydrogen-bond acceptors (Lipinski definition) is 2. The number of carbonyl (C=O) groups excluding carboxylic acids is 2. The van der Waals surface area contributed by atoms with Crippen molar-refractivity contribution in [3.8, 4) is 0 Å². The van der Waals surface area contributed by atoms with Crippen molar-refractivity contribution in [2.75, 3.05) is 5.32 Å². The van der Waals surface area contributed by atoms with Crippen LogP contribution in [0.2, 0.25) is 0 Å². The Labute approximate surface area is 107 Å². The molecule has 0 saturated heterocycles. The Kier molecular flexibility index (Phi) is 4.02. The van der Waals surface area contributed by atoms with Gasteiger partial charge in [0.15, 0.2) is 0 Å². The number of primary amides is 1. The summed E-state index contributed by atoms with van der Waals surface area (Å²) in [5.41, 5.74) is 5.45. The molecular formula is C9H7Cl3N2O2. The molecule has 3 N–H and O–H groups in total. The third kappa shape index (κ3) is 3.27. The molecule has 0 bridgehead atoms. The summed E-state index contributed by atoms with van der Waals surface area (Å²) in [4.78, 5) is 22.4. The van der Waals surface area contributed by atoms with Crippen molar-refractivity contribution in [3.05, 3.63) is 29.8 Å². The first-order chi connectivity index (χ1) is 7.32. The molecule has 1 aromatic carbocycles. The first-order valence-corrected chi connectivity index (χ1v) is 5.23. The number of benzene rings is 1. The molecule has 1 rings (SSSR count). The number of anilines is 1. The average molecular weight is 282 g/mol. The molecule has 0 fully saturated rings. The topological polar surface area (TPSA) is 72.2 Å². The van der Waals surface area contributed by atoms with E-state index in [2.05, 4.69) is 5.32 Å². The van der Waals surface area contributed by atoms with E-state index < -0.39 is 15.6 Å². The van der Waals surface area contributed by atoms with Crippen LogP contribution in [0, 0.1) is 0 Å². The van der Waals surface area contributed by atoms with Gasteiger partial charge in [-0.25, -0.2) is 0 Å². The minimum Gasteiger partial charge on any atom is -0.366 e. The molecule has 4 nitrogen and oxygen atoms in total. The van der Waals surface area contributed by atoms with Gasteiger partial charge in [-0.05, 0) is 12.1 Å². The van der Waals surface area contributed by atoms with Crippen molar-refractivity contribution in [1.29, 1.82) is 0 Å². The van der Waals surface area contributed by atoms with Crippen LogP contribution in [0.15, 0.2) is 24.3 Å². The summed E-state index contributed by atoms with van der Waals surface area (Å²) >= 11 is 16.1. The lowest BCUT2D eigenvalue weighted by Crippen LogP contribution is -2.28. The van der Waals surface area contributed by atoms with Crippen molar-refractivity contribution in [3.63, 3.8) is 0 Å². The molecule has 0 aromatic heterocycles. The van der Waals surface area contributed by atoms with Gasteiger partial charge in [-0.2, -0.15) is 0 Å². The van der Waals surface area contributed by atoms with Crippen LogP contribution in [0.25, 0.3) is 0 Å². The van der Waals surface area contributed by atoms with E-state index in [0.717, 1.165) is 0 Å². The number of carbonyl (C=O) groups is 2. The number of nitrogens with two attached hydrogens (primary N) is 1. The van der Waals surface area contributed by atoms with E-state index in [1.165, 1.54) is 12.1 Å². The average Bonchev–Trinajstić information content (AvgIpc) is 2.16. The maximum Gasteiger partial charge on any atom is 0.276 e. The van der Waals surface area contributed by atoms with E-state index >= 15 is 0 Å². The van der Waals surface area contributed by atoms with Crippen LogP contribution in [0.5, 0.6) is 0 Å². The number of para-hydroxylation sites is 1. The minimum atomic E-state index is -2.09. The fraction of sp³-hybridized carbons (Fsp3) is 0.111. The molecule has 0 radical (unpaired) electrons. The molecule has 0 spiro atoms. The summed E-state index contributed by atoms with van der Waals surface area (Å²) in [5, 5.41) is 2.30. The molecule has 2 amide bonds. The third-order valence-electron chi connectivity index (χ3n) is 1.70. The molecule has 0 aliphatic carbocycles. The smallest absolute Gasteiger partial charge is 0.276 e. The fourth-order valence-electron chi connectivity index (χ4n) is 1.00. The molecule has 7 heteroatoms. The summed E-state index contributed by atoms with van der Waals surface area (Å²) < 4.78 is -2.09. The lowest BCUT2D eigenvalue weighted by molar-refractivity contribution is -0.115. The Hall–Kier alpha value is -0.970. The van der Waals surface area contributed by atoms with Gasteiger partial charge < -0.3 is 11.1 Å². The van der Waals surface area contributed by atoms with Crippen LogP contribution < -0.4 is 11.1 Å². The fourth-order valence-corrected chi connectivity index (χ4v) is 1.14. The summed E-state index contributed by atoms with van der Waals surface area (Å²) in [6, 6.07) is 6.15. The van der Waals surface area contributed by atoms with E-state index in [1.807, 2.05) is 0 Å². The number of nitrogens with one attached hydrogen (secondary N) is 1. The summed E-state index contributed by atoms with van der Waals surface area (Å²) in [6.45, 7) is 0. The Morgan fingerprint density at radius 2 is 1.75 bits per heavy atom. The molecule has 86 valence electrons. The van der Waals surface area contributed by atoms with Crippen molar-refractivity contribution in [1.82, 2.24) is 0 Å². The van der Waals surface area contributed by atoms with Crippen LogP contribution in [-0.2, 0) is 4.79 Å². The first kappa shape index (κ1) is 13.1. The summed E-state index contributed by atoms with van der Waals surface area (Å²) in [5.74, 6) is -1.54. The zero-order valence-electron chi connectivity index (χ0n) is 7.84. The molecular weight excluding hydrogens is 274 g/mol. The highest BCUT2D eigenvalue weighted by Crippen LogP contribution is 2.28. The van der Waals surface area contributed by atoms with Gasteiger partial charge in [0, 0.05) is 0 Å². The highest BCUT2D eigenvalue weighted by atomic mass is 35.6. The van der Waals surface area contributed by atoms with E-state index in [0.29, 0.717) is 0 Å². The van der Waals surface area contributed by atoms with Crippen molar-refractivity contribution in [2.45, 2.75) is 3.79 Å². The highest BCUT2D eigenvalue weighted by Gasteiger charge is 2.31. The van der Waals surface area contributed by atoms with Gasteiger partial charge in [0.2, 0.25) is 0 Å². The van der Waals surface area contributed by atoms with Crippen LogP contribution in [-0.4, -0.2) is 15.6 Å². The molecule has 0 heterocycles. The molecule has 1 aromatic rings. The van der Waals surface area contributed by atoms with Crippen LogP contribution in [0.3, 0.4) is 0 Å². The van der Waals surface area contributed by atoms with Gasteiger partial charge >= 0.3 is 0 Å². The van der Waals surface area contributed by atoms with Gasteiger partial charge in [-0.1, -0.05) is 46.9 Å². The van der Waals surface area contributed by atoms with Gasteiger partial charge in [0.1, 0.15) is 0 Å². The largest absolute Gasteiger partial charge is 0.366 e. The molecule has 16 heavy (non-hydrogen) atoms. The number of halogens is 3. The summed E-state index contributed by atoms with van der Waals surface area (Å²) in [6.07, 6.45) is 0. The lowest BCUT2D eigenvalue weighted by Gasteiger charge is -2.13.